The van der Waals surface area contributed by atoms with Gasteiger partial charge in [0.15, 0.2) is 11.5 Å². The summed E-state index contributed by atoms with van der Waals surface area (Å²) >= 11 is 0. The number of aliphatic hydroxyl groups is 1. The summed E-state index contributed by atoms with van der Waals surface area (Å²) < 4.78 is 10.4. The molecule has 0 bridgehead atoms. The van der Waals surface area contributed by atoms with Crippen molar-refractivity contribution in [3.8, 4) is 11.5 Å². The molecule has 1 aromatic rings. The molecule has 1 atom stereocenters. The first-order chi connectivity index (χ1) is 9.47. The summed E-state index contributed by atoms with van der Waals surface area (Å²) in [5.41, 5.74) is 1.39. The molecule has 0 aliphatic rings. The van der Waals surface area contributed by atoms with Gasteiger partial charge in [0, 0.05) is 12.1 Å². The van der Waals surface area contributed by atoms with Crippen LogP contribution in [0.2, 0.25) is 0 Å². The van der Waals surface area contributed by atoms with Crippen LogP contribution in [0.15, 0.2) is 23.8 Å². The lowest BCUT2D eigenvalue weighted by Crippen LogP contribution is -2.30. The number of rotatable bonds is 6. The van der Waals surface area contributed by atoms with E-state index in [1.165, 1.54) is 0 Å². The van der Waals surface area contributed by atoms with Crippen molar-refractivity contribution in [1.29, 1.82) is 0 Å². The van der Waals surface area contributed by atoms with Gasteiger partial charge in [0.05, 0.1) is 20.3 Å². The van der Waals surface area contributed by atoms with E-state index in [4.69, 9.17) is 14.6 Å². The van der Waals surface area contributed by atoms with Gasteiger partial charge < -0.3 is 19.9 Å². The highest BCUT2D eigenvalue weighted by atomic mass is 16.5. The number of ether oxygens (including phenoxy) is 2. The van der Waals surface area contributed by atoms with Crippen LogP contribution in [0.1, 0.15) is 19.4 Å². The average Bonchev–Trinajstić information content (AvgIpc) is 2.44. The second kappa shape index (κ2) is 7.55. The number of methoxy groups -OCH3 is 2. The molecule has 1 rings (SSSR count). The smallest absolute Gasteiger partial charge is 0.247 e. The fourth-order valence-electron chi connectivity index (χ4n) is 1.64. The molecule has 1 unspecified atom stereocenters. The van der Waals surface area contributed by atoms with Crippen LogP contribution in [0.3, 0.4) is 0 Å². The summed E-state index contributed by atoms with van der Waals surface area (Å²) in [5, 5.41) is 11.8. The number of nitrogens with one attached hydrogen (secondary N) is 1. The van der Waals surface area contributed by atoms with Crippen molar-refractivity contribution in [2.24, 2.45) is 0 Å². The largest absolute Gasteiger partial charge is 0.493 e. The molecular formula is C15H21NO4. The van der Waals surface area contributed by atoms with E-state index in [0.29, 0.717) is 17.1 Å². The average molecular weight is 279 g/mol. The van der Waals surface area contributed by atoms with Gasteiger partial charge in [0.2, 0.25) is 5.91 Å². The van der Waals surface area contributed by atoms with Crippen LogP contribution in [0.4, 0.5) is 0 Å². The summed E-state index contributed by atoms with van der Waals surface area (Å²) in [6.07, 6.45) is 1.19. The van der Waals surface area contributed by atoms with Gasteiger partial charge in [-0.2, -0.15) is 0 Å². The van der Waals surface area contributed by atoms with E-state index >= 15 is 0 Å². The van der Waals surface area contributed by atoms with Crippen molar-refractivity contribution >= 4 is 12.0 Å². The molecule has 0 fully saturated rings. The minimum atomic E-state index is -0.562. The molecule has 5 heteroatoms. The van der Waals surface area contributed by atoms with Gasteiger partial charge in [-0.1, -0.05) is 6.07 Å². The van der Waals surface area contributed by atoms with Gasteiger partial charge in [-0.15, -0.1) is 0 Å². The lowest BCUT2D eigenvalue weighted by atomic mass is 10.1. The van der Waals surface area contributed by atoms with Gasteiger partial charge in [0.1, 0.15) is 0 Å². The first-order valence-electron chi connectivity index (χ1n) is 6.34. The van der Waals surface area contributed by atoms with Crippen molar-refractivity contribution in [1.82, 2.24) is 5.32 Å². The monoisotopic (exact) mass is 279 g/mol. The van der Waals surface area contributed by atoms with E-state index in [2.05, 4.69) is 5.32 Å². The lowest BCUT2D eigenvalue weighted by molar-refractivity contribution is -0.117. The van der Waals surface area contributed by atoms with Gasteiger partial charge in [-0.25, -0.2) is 0 Å². The molecule has 5 nitrogen and oxygen atoms in total. The zero-order chi connectivity index (χ0) is 15.1. The van der Waals surface area contributed by atoms with Crippen molar-refractivity contribution in [2.45, 2.75) is 20.0 Å². The van der Waals surface area contributed by atoms with Crippen LogP contribution in [0.25, 0.3) is 6.08 Å². The van der Waals surface area contributed by atoms with E-state index in [1.54, 1.807) is 46.3 Å². The van der Waals surface area contributed by atoms with Gasteiger partial charge >= 0.3 is 0 Å². The van der Waals surface area contributed by atoms with Crippen molar-refractivity contribution in [3.05, 3.63) is 29.3 Å². The molecule has 0 aromatic heterocycles. The Kier molecular flexibility index (Phi) is 6.06. The number of hydrogen-bond acceptors (Lipinski definition) is 4. The third-order valence-corrected chi connectivity index (χ3v) is 2.71. The molecule has 0 radical (unpaired) electrons. The Balaban J connectivity index is 2.84. The molecule has 110 valence electrons. The maximum atomic E-state index is 11.8. The SMILES string of the molecule is COc1ccc(/C=C(\C)C(=O)NCC(C)O)cc1OC. The molecular weight excluding hydrogens is 258 g/mol. The first-order valence-corrected chi connectivity index (χ1v) is 6.34. The predicted octanol–water partition coefficient (Wildman–Crippen LogP) is 1.60. The summed E-state index contributed by atoms with van der Waals surface area (Å²) in [6, 6.07) is 5.42. The molecule has 0 aliphatic carbocycles. The molecule has 0 spiro atoms. The fraction of sp³-hybridized carbons (Fsp3) is 0.400. The molecule has 1 amide bonds. The molecule has 1 aromatic carbocycles. The van der Waals surface area contributed by atoms with Crippen LogP contribution in [0.5, 0.6) is 11.5 Å². The van der Waals surface area contributed by atoms with Crippen molar-refractivity contribution < 1.29 is 19.4 Å². The maximum absolute atomic E-state index is 11.8. The molecule has 20 heavy (non-hydrogen) atoms. The van der Waals surface area contributed by atoms with Crippen LogP contribution in [-0.2, 0) is 4.79 Å². The Morgan fingerprint density at radius 2 is 2.00 bits per heavy atom. The molecule has 0 saturated heterocycles. The van der Waals surface area contributed by atoms with Gasteiger partial charge in [-0.05, 0) is 37.6 Å². The van der Waals surface area contributed by atoms with Crippen molar-refractivity contribution in [3.63, 3.8) is 0 Å². The third-order valence-electron chi connectivity index (χ3n) is 2.71. The number of hydrogen-bond donors (Lipinski definition) is 2. The summed E-state index contributed by atoms with van der Waals surface area (Å²) in [5.74, 6) is 1.04. The first kappa shape index (κ1) is 16.0. The molecule has 0 heterocycles. The Labute approximate surface area is 119 Å². The summed E-state index contributed by atoms with van der Waals surface area (Å²) in [6.45, 7) is 3.57. The van der Waals surface area contributed by atoms with Gasteiger partial charge in [0.25, 0.3) is 0 Å². The summed E-state index contributed by atoms with van der Waals surface area (Å²) in [4.78, 5) is 11.8. The minimum Gasteiger partial charge on any atom is -0.493 e. The highest BCUT2D eigenvalue weighted by Crippen LogP contribution is 2.28. The quantitative estimate of drug-likeness (QED) is 0.776. The number of amides is 1. The number of carbonyl (C=O) groups is 1. The Morgan fingerprint density at radius 3 is 2.55 bits per heavy atom. The second-order valence-corrected chi connectivity index (χ2v) is 4.50. The van der Waals surface area contributed by atoms with E-state index < -0.39 is 6.10 Å². The lowest BCUT2D eigenvalue weighted by Gasteiger charge is -2.09. The molecule has 0 saturated carbocycles. The van der Waals surface area contributed by atoms with Crippen LogP contribution in [0, 0.1) is 0 Å². The third kappa shape index (κ3) is 4.59. The van der Waals surface area contributed by atoms with Crippen molar-refractivity contribution in [2.75, 3.05) is 20.8 Å². The Hall–Kier alpha value is -2.01. The zero-order valence-corrected chi connectivity index (χ0v) is 12.3. The minimum absolute atomic E-state index is 0.208. The van der Waals surface area contributed by atoms with Crippen LogP contribution >= 0.6 is 0 Å². The summed E-state index contributed by atoms with van der Waals surface area (Å²) in [7, 11) is 3.13. The predicted molar refractivity (Wildman–Crippen MR) is 77.9 cm³/mol. The standard InChI is InChI=1S/C15H21NO4/c1-10(15(18)16-9-11(2)17)7-12-5-6-13(19-3)14(8-12)20-4/h5-8,11,17H,9H2,1-4H3,(H,16,18)/b10-7+. The topological polar surface area (TPSA) is 67.8 Å². The van der Waals surface area contributed by atoms with E-state index in [-0.39, 0.29) is 12.5 Å². The van der Waals surface area contributed by atoms with E-state index in [0.717, 1.165) is 5.56 Å². The fourth-order valence-corrected chi connectivity index (χ4v) is 1.64. The highest BCUT2D eigenvalue weighted by Gasteiger charge is 2.07. The van der Waals surface area contributed by atoms with Crippen LogP contribution in [-0.4, -0.2) is 37.9 Å². The molecule has 0 aliphatic heterocycles. The number of aliphatic hydroxyl groups excluding tert-OH is 1. The highest BCUT2D eigenvalue weighted by molar-refractivity contribution is 5.97. The normalized spacial score (nSPS) is 12.8. The van der Waals surface area contributed by atoms with Crippen LogP contribution < -0.4 is 14.8 Å². The maximum Gasteiger partial charge on any atom is 0.247 e. The van der Waals surface area contributed by atoms with E-state index in [9.17, 15) is 4.79 Å². The van der Waals surface area contributed by atoms with Gasteiger partial charge in [-0.3, -0.25) is 4.79 Å². The number of benzene rings is 1. The Morgan fingerprint density at radius 1 is 1.35 bits per heavy atom. The molecule has 2 N–H and O–H groups in total. The second-order valence-electron chi connectivity index (χ2n) is 4.50. The number of carbonyl (C=O) groups excluding carboxylic acids is 1. The Bertz CT molecular complexity index is 495. The zero-order valence-electron chi connectivity index (χ0n) is 12.3. The van der Waals surface area contributed by atoms with E-state index in [1.807, 2.05) is 6.07 Å².